The minimum absolute atomic E-state index is 0.0154. The van der Waals surface area contributed by atoms with Gasteiger partial charge >= 0.3 is 11.9 Å². The Morgan fingerprint density at radius 3 is 1.32 bits per heavy atom. The summed E-state index contributed by atoms with van der Waals surface area (Å²) in [6.45, 7) is 6.17. The molecule has 0 saturated carbocycles. The second-order valence-corrected chi connectivity index (χ2v) is 7.76. The van der Waals surface area contributed by atoms with Crippen molar-refractivity contribution in [1.82, 2.24) is 0 Å². The highest BCUT2D eigenvalue weighted by Gasteiger charge is 2.33. The number of hydrogen-bond donors (Lipinski definition) is 0. The van der Waals surface area contributed by atoms with Gasteiger partial charge in [0.2, 0.25) is 0 Å². The zero-order valence-corrected chi connectivity index (χ0v) is 17.9. The van der Waals surface area contributed by atoms with Crippen molar-refractivity contribution in [2.24, 2.45) is 0 Å². The van der Waals surface area contributed by atoms with Gasteiger partial charge in [0.1, 0.15) is 23.1 Å². The molecular weight excluding hydrogens is 410 g/mol. The van der Waals surface area contributed by atoms with Crippen molar-refractivity contribution >= 4 is 11.9 Å². The average Bonchev–Trinajstić information content (AvgIpc) is 2.70. The summed E-state index contributed by atoms with van der Waals surface area (Å²) in [5, 5.41) is 0. The van der Waals surface area contributed by atoms with Crippen LogP contribution >= 0.6 is 0 Å². The van der Waals surface area contributed by atoms with Gasteiger partial charge in [0.25, 0.3) is 0 Å². The standard InChI is InChI=1S/C23H26F2O6/c1-22(2,30-18-10-6-16(24)7-11-18)20(26)28-14-5-15-29-21(27)23(3,4)31-19-12-8-17(25)9-13-19/h6-13H,5,14-15H2,1-4H3. The van der Waals surface area contributed by atoms with Crippen LogP contribution in [0.25, 0.3) is 0 Å². The quantitative estimate of drug-likeness (QED) is 0.405. The smallest absolute Gasteiger partial charge is 0.349 e. The van der Waals surface area contributed by atoms with Crippen LogP contribution in [0.2, 0.25) is 0 Å². The van der Waals surface area contributed by atoms with Crippen molar-refractivity contribution in [1.29, 1.82) is 0 Å². The van der Waals surface area contributed by atoms with Crippen molar-refractivity contribution in [3.63, 3.8) is 0 Å². The van der Waals surface area contributed by atoms with Crippen molar-refractivity contribution in [2.75, 3.05) is 13.2 Å². The lowest BCUT2D eigenvalue weighted by Crippen LogP contribution is -2.40. The van der Waals surface area contributed by atoms with E-state index in [1.54, 1.807) is 0 Å². The molecule has 168 valence electrons. The number of carbonyl (C=O) groups excluding carboxylic acids is 2. The van der Waals surface area contributed by atoms with E-state index in [0.717, 1.165) is 0 Å². The molecule has 0 spiro atoms. The van der Waals surface area contributed by atoms with E-state index in [-0.39, 0.29) is 19.6 Å². The summed E-state index contributed by atoms with van der Waals surface area (Å²) in [6, 6.07) is 10.6. The van der Waals surface area contributed by atoms with E-state index in [2.05, 4.69) is 0 Å². The Labute approximate surface area is 180 Å². The monoisotopic (exact) mass is 436 g/mol. The topological polar surface area (TPSA) is 71.1 Å². The maximum Gasteiger partial charge on any atom is 0.349 e. The van der Waals surface area contributed by atoms with Gasteiger partial charge in [0, 0.05) is 6.42 Å². The first-order valence-corrected chi connectivity index (χ1v) is 9.73. The van der Waals surface area contributed by atoms with Gasteiger partial charge in [0.15, 0.2) is 11.2 Å². The Morgan fingerprint density at radius 2 is 1.00 bits per heavy atom. The molecule has 0 aliphatic heterocycles. The third-order valence-electron chi connectivity index (χ3n) is 4.11. The summed E-state index contributed by atoms with van der Waals surface area (Å²) >= 11 is 0. The van der Waals surface area contributed by atoms with Crippen molar-refractivity contribution in [3.8, 4) is 11.5 Å². The third kappa shape index (κ3) is 7.55. The van der Waals surface area contributed by atoms with Crippen LogP contribution in [-0.2, 0) is 19.1 Å². The molecule has 6 nitrogen and oxygen atoms in total. The van der Waals surface area contributed by atoms with Crippen LogP contribution in [0.15, 0.2) is 48.5 Å². The first-order valence-electron chi connectivity index (χ1n) is 9.73. The average molecular weight is 436 g/mol. The largest absolute Gasteiger partial charge is 0.476 e. The fourth-order valence-corrected chi connectivity index (χ4v) is 2.41. The van der Waals surface area contributed by atoms with Crippen LogP contribution in [0.4, 0.5) is 8.78 Å². The molecule has 0 amide bonds. The highest BCUT2D eigenvalue weighted by Crippen LogP contribution is 2.21. The highest BCUT2D eigenvalue weighted by molar-refractivity contribution is 5.79. The van der Waals surface area contributed by atoms with Crippen LogP contribution in [0.5, 0.6) is 11.5 Å². The van der Waals surface area contributed by atoms with Gasteiger partial charge in [-0.05, 0) is 76.2 Å². The summed E-state index contributed by atoms with van der Waals surface area (Å²) in [6.07, 6.45) is 0.275. The molecule has 0 bridgehead atoms. The molecule has 0 aliphatic rings. The van der Waals surface area contributed by atoms with Gasteiger partial charge in [-0.2, -0.15) is 0 Å². The highest BCUT2D eigenvalue weighted by atomic mass is 19.1. The number of ether oxygens (including phenoxy) is 4. The van der Waals surface area contributed by atoms with E-state index in [1.807, 2.05) is 0 Å². The summed E-state index contributed by atoms with van der Waals surface area (Å²) in [4.78, 5) is 24.5. The third-order valence-corrected chi connectivity index (χ3v) is 4.11. The number of benzene rings is 2. The lowest BCUT2D eigenvalue weighted by Gasteiger charge is -2.25. The molecule has 0 N–H and O–H groups in total. The molecule has 2 aromatic rings. The Morgan fingerprint density at radius 1 is 0.677 bits per heavy atom. The molecular formula is C23H26F2O6. The Hall–Kier alpha value is -3.16. The lowest BCUT2D eigenvalue weighted by molar-refractivity contribution is -0.162. The van der Waals surface area contributed by atoms with Crippen LogP contribution in [0.1, 0.15) is 34.1 Å². The summed E-state index contributed by atoms with van der Waals surface area (Å²) in [5.74, 6) is -1.37. The molecule has 8 heteroatoms. The summed E-state index contributed by atoms with van der Waals surface area (Å²) < 4.78 is 47.4. The van der Waals surface area contributed by atoms with Crippen LogP contribution < -0.4 is 9.47 Å². The molecule has 2 aromatic carbocycles. The van der Waals surface area contributed by atoms with E-state index in [1.165, 1.54) is 76.2 Å². The molecule has 0 radical (unpaired) electrons. The molecule has 0 fully saturated rings. The lowest BCUT2D eigenvalue weighted by atomic mass is 10.1. The number of esters is 2. The van der Waals surface area contributed by atoms with E-state index in [9.17, 15) is 18.4 Å². The first kappa shape index (κ1) is 24.1. The minimum Gasteiger partial charge on any atom is -0.476 e. The fraction of sp³-hybridized carbons (Fsp3) is 0.391. The van der Waals surface area contributed by atoms with Gasteiger partial charge in [0.05, 0.1) is 13.2 Å². The number of carbonyl (C=O) groups is 2. The van der Waals surface area contributed by atoms with Crippen molar-refractivity contribution in [3.05, 3.63) is 60.2 Å². The van der Waals surface area contributed by atoms with Crippen LogP contribution in [0.3, 0.4) is 0 Å². The minimum atomic E-state index is -1.28. The Kier molecular flexibility index (Phi) is 7.96. The van der Waals surface area contributed by atoms with Crippen molar-refractivity contribution < 1.29 is 37.3 Å². The molecule has 0 saturated heterocycles. The van der Waals surface area contributed by atoms with E-state index >= 15 is 0 Å². The van der Waals surface area contributed by atoms with Gasteiger partial charge < -0.3 is 18.9 Å². The molecule has 31 heavy (non-hydrogen) atoms. The molecule has 0 heterocycles. The predicted molar refractivity (Wildman–Crippen MR) is 109 cm³/mol. The maximum absolute atomic E-state index is 13.0. The van der Waals surface area contributed by atoms with Gasteiger partial charge in [-0.25, -0.2) is 18.4 Å². The van der Waals surface area contributed by atoms with E-state index < -0.39 is 34.8 Å². The SMILES string of the molecule is CC(C)(Oc1ccc(F)cc1)C(=O)OCCCOC(=O)C(C)(C)Oc1ccc(F)cc1. The predicted octanol–water partition coefficient (Wildman–Crippen LogP) is 4.46. The fourth-order valence-electron chi connectivity index (χ4n) is 2.41. The number of rotatable bonds is 10. The number of hydrogen-bond acceptors (Lipinski definition) is 6. The van der Waals surface area contributed by atoms with Gasteiger partial charge in [-0.3, -0.25) is 0 Å². The number of halogens is 2. The van der Waals surface area contributed by atoms with E-state index in [0.29, 0.717) is 11.5 Å². The maximum atomic E-state index is 13.0. The summed E-state index contributed by atoms with van der Waals surface area (Å²) in [5.41, 5.74) is -2.56. The normalized spacial score (nSPS) is 11.5. The molecule has 0 unspecified atom stereocenters. The first-order chi connectivity index (χ1) is 14.5. The van der Waals surface area contributed by atoms with E-state index in [4.69, 9.17) is 18.9 Å². The molecule has 0 aliphatic carbocycles. The van der Waals surface area contributed by atoms with Crippen LogP contribution in [0, 0.1) is 11.6 Å². The van der Waals surface area contributed by atoms with Gasteiger partial charge in [-0.15, -0.1) is 0 Å². The zero-order valence-electron chi connectivity index (χ0n) is 17.9. The molecule has 2 rings (SSSR count). The molecule has 0 atom stereocenters. The van der Waals surface area contributed by atoms with Crippen molar-refractivity contribution in [2.45, 2.75) is 45.3 Å². The summed E-state index contributed by atoms with van der Waals surface area (Å²) in [7, 11) is 0. The van der Waals surface area contributed by atoms with Gasteiger partial charge in [-0.1, -0.05) is 0 Å². The Balaban J connectivity index is 1.72. The second-order valence-electron chi connectivity index (χ2n) is 7.76. The van der Waals surface area contributed by atoms with Crippen LogP contribution in [-0.4, -0.2) is 36.4 Å². The molecule has 0 aromatic heterocycles. The second kappa shape index (κ2) is 10.2. The zero-order chi connectivity index (χ0) is 23.1. The Bertz CT molecular complexity index is 802.